The van der Waals surface area contributed by atoms with Gasteiger partial charge in [0.2, 0.25) is 0 Å². The Hall–Kier alpha value is -0.800. The Balaban J connectivity index is 2.03. The third-order valence-electron chi connectivity index (χ3n) is 2.31. The highest BCUT2D eigenvalue weighted by molar-refractivity contribution is 6.32. The summed E-state index contributed by atoms with van der Waals surface area (Å²) in [6.07, 6.45) is 1.97. The molecule has 1 atom stereocenters. The molecule has 1 heterocycles. The summed E-state index contributed by atoms with van der Waals surface area (Å²) in [5, 5.41) is 0.306. The Morgan fingerprint density at radius 2 is 2.33 bits per heavy atom. The van der Waals surface area contributed by atoms with E-state index in [4.69, 9.17) is 21.1 Å². The number of benzene rings is 1. The number of ether oxygens (including phenoxy) is 2. The molecule has 1 aromatic carbocycles. The molecular weight excluding hydrogens is 219 g/mol. The summed E-state index contributed by atoms with van der Waals surface area (Å²) in [5.74, 6) is 0.167. The van der Waals surface area contributed by atoms with Crippen molar-refractivity contribution in [2.75, 3.05) is 13.2 Å². The fraction of sp³-hybridized carbons (Fsp3) is 0.455. The van der Waals surface area contributed by atoms with Crippen molar-refractivity contribution >= 4 is 11.6 Å². The summed E-state index contributed by atoms with van der Waals surface area (Å²) < 4.78 is 23.7. The standard InChI is InChI=1S/C11H12ClFO2/c12-10-6-8(13)3-4-11(10)15-9-2-1-5-14-7-9/h3-4,6,9H,1-2,5,7H2. The summed E-state index contributed by atoms with van der Waals surface area (Å²) in [6, 6.07) is 4.14. The van der Waals surface area contributed by atoms with Crippen molar-refractivity contribution < 1.29 is 13.9 Å². The lowest BCUT2D eigenvalue weighted by atomic mass is 10.2. The second kappa shape index (κ2) is 4.81. The van der Waals surface area contributed by atoms with Crippen LogP contribution in [0.2, 0.25) is 5.02 Å². The third-order valence-corrected chi connectivity index (χ3v) is 2.60. The van der Waals surface area contributed by atoms with E-state index < -0.39 is 0 Å². The Kier molecular flexibility index (Phi) is 3.44. The van der Waals surface area contributed by atoms with E-state index >= 15 is 0 Å². The average Bonchev–Trinajstić information content (AvgIpc) is 2.24. The van der Waals surface area contributed by atoms with Crippen LogP contribution in [0.25, 0.3) is 0 Å². The predicted molar refractivity (Wildman–Crippen MR) is 55.9 cm³/mol. The molecule has 0 saturated carbocycles. The van der Waals surface area contributed by atoms with Gasteiger partial charge in [-0.2, -0.15) is 0 Å². The first-order chi connectivity index (χ1) is 7.25. The van der Waals surface area contributed by atoms with E-state index in [0.29, 0.717) is 17.4 Å². The van der Waals surface area contributed by atoms with Gasteiger partial charge in [0.1, 0.15) is 17.7 Å². The van der Waals surface area contributed by atoms with Crippen molar-refractivity contribution in [1.29, 1.82) is 0 Å². The molecule has 0 aromatic heterocycles. The van der Waals surface area contributed by atoms with Gasteiger partial charge in [0.15, 0.2) is 0 Å². The maximum Gasteiger partial charge on any atom is 0.138 e. The van der Waals surface area contributed by atoms with Gasteiger partial charge in [-0.3, -0.25) is 0 Å². The highest BCUT2D eigenvalue weighted by Gasteiger charge is 2.16. The van der Waals surface area contributed by atoms with Crippen molar-refractivity contribution in [3.63, 3.8) is 0 Å². The van der Waals surface area contributed by atoms with Crippen LogP contribution in [0.1, 0.15) is 12.8 Å². The highest BCUT2D eigenvalue weighted by atomic mass is 35.5. The van der Waals surface area contributed by atoms with Gasteiger partial charge in [-0.25, -0.2) is 4.39 Å². The predicted octanol–water partition coefficient (Wildman–Crippen LogP) is 3.04. The van der Waals surface area contributed by atoms with Gasteiger partial charge < -0.3 is 9.47 Å². The minimum Gasteiger partial charge on any atom is -0.486 e. The van der Waals surface area contributed by atoms with Crippen LogP contribution in [-0.4, -0.2) is 19.3 Å². The molecule has 0 amide bonds. The maximum atomic E-state index is 12.8. The molecule has 1 aliphatic rings. The first kappa shape index (κ1) is 10.7. The first-order valence-electron chi connectivity index (χ1n) is 4.95. The van der Waals surface area contributed by atoms with E-state index in [2.05, 4.69) is 0 Å². The molecule has 0 radical (unpaired) electrons. The molecule has 2 rings (SSSR count). The lowest BCUT2D eigenvalue weighted by Crippen LogP contribution is -2.28. The van der Waals surface area contributed by atoms with E-state index in [1.165, 1.54) is 12.1 Å². The normalized spacial score (nSPS) is 21.3. The molecule has 4 heteroatoms. The molecule has 1 aromatic rings. The van der Waals surface area contributed by atoms with Crippen LogP contribution < -0.4 is 4.74 Å². The number of hydrogen-bond donors (Lipinski definition) is 0. The smallest absolute Gasteiger partial charge is 0.138 e. The zero-order valence-electron chi connectivity index (χ0n) is 8.21. The van der Waals surface area contributed by atoms with E-state index in [-0.39, 0.29) is 11.9 Å². The fourth-order valence-electron chi connectivity index (χ4n) is 1.55. The molecule has 0 aliphatic carbocycles. The minimum absolute atomic E-state index is 0.0294. The van der Waals surface area contributed by atoms with Gasteiger partial charge in [-0.05, 0) is 31.0 Å². The van der Waals surface area contributed by atoms with Crippen LogP contribution in [0.15, 0.2) is 18.2 Å². The Morgan fingerprint density at radius 3 is 3.00 bits per heavy atom. The Morgan fingerprint density at radius 1 is 1.47 bits per heavy atom. The van der Waals surface area contributed by atoms with Crippen molar-refractivity contribution in [1.82, 2.24) is 0 Å². The largest absolute Gasteiger partial charge is 0.486 e. The van der Waals surface area contributed by atoms with Crippen molar-refractivity contribution in [2.45, 2.75) is 18.9 Å². The van der Waals surface area contributed by atoms with Crippen molar-refractivity contribution in [3.05, 3.63) is 29.0 Å². The zero-order chi connectivity index (χ0) is 10.7. The summed E-state index contributed by atoms with van der Waals surface area (Å²) in [5.41, 5.74) is 0. The second-order valence-corrected chi connectivity index (χ2v) is 3.94. The van der Waals surface area contributed by atoms with Crippen LogP contribution in [-0.2, 0) is 4.74 Å². The monoisotopic (exact) mass is 230 g/mol. The highest BCUT2D eigenvalue weighted by Crippen LogP contribution is 2.27. The third kappa shape index (κ3) is 2.83. The van der Waals surface area contributed by atoms with E-state index in [9.17, 15) is 4.39 Å². The van der Waals surface area contributed by atoms with Gasteiger partial charge in [0.05, 0.1) is 11.6 Å². The number of rotatable bonds is 2. The maximum absolute atomic E-state index is 12.8. The van der Waals surface area contributed by atoms with E-state index in [0.717, 1.165) is 19.4 Å². The van der Waals surface area contributed by atoms with Crippen molar-refractivity contribution in [2.24, 2.45) is 0 Å². The molecule has 15 heavy (non-hydrogen) atoms. The molecule has 82 valence electrons. The Labute approximate surface area is 92.9 Å². The topological polar surface area (TPSA) is 18.5 Å². The summed E-state index contributed by atoms with van der Waals surface area (Å²) in [6.45, 7) is 1.37. The van der Waals surface area contributed by atoms with Gasteiger partial charge in [0, 0.05) is 6.61 Å². The lowest BCUT2D eigenvalue weighted by molar-refractivity contribution is 0.00745. The van der Waals surface area contributed by atoms with Crippen LogP contribution >= 0.6 is 11.6 Å². The lowest BCUT2D eigenvalue weighted by Gasteiger charge is -2.23. The second-order valence-electron chi connectivity index (χ2n) is 3.53. The molecule has 0 spiro atoms. The van der Waals surface area contributed by atoms with Crippen LogP contribution in [0, 0.1) is 5.82 Å². The molecule has 1 saturated heterocycles. The minimum atomic E-state index is -0.354. The zero-order valence-corrected chi connectivity index (χ0v) is 8.97. The molecule has 1 aliphatic heterocycles. The summed E-state index contributed by atoms with van der Waals surface area (Å²) in [7, 11) is 0. The van der Waals surface area contributed by atoms with Gasteiger partial charge >= 0.3 is 0 Å². The average molecular weight is 231 g/mol. The molecular formula is C11H12ClFO2. The van der Waals surface area contributed by atoms with E-state index in [1.54, 1.807) is 6.07 Å². The Bertz CT molecular complexity index is 337. The van der Waals surface area contributed by atoms with Gasteiger partial charge in [0.25, 0.3) is 0 Å². The van der Waals surface area contributed by atoms with Gasteiger partial charge in [-0.1, -0.05) is 11.6 Å². The molecule has 0 bridgehead atoms. The quantitative estimate of drug-likeness (QED) is 0.778. The fourth-order valence-corrected chi connectivity index (χ4v) is 1.77. The van der Waals surface area contributed by atoms with Crippen LogP contribution in [0.5, 0.6) is 5.75 Å². The number of halogens is 2. The van der Waals surface area contributed by atoms with Crippen LogP contribution in [0.4, 0.5) is 4.39 Å². The van der Waals surface area contributed by atoms with E-state index in [1.807, 2.05) is 0 Å². The SMILES string of the molecule is Fc1ccc(OC2CCCOC2)c(Cl)c1. The molecule has 1 unspecified atom stereocenters. The first-order valence-corrected chi connectivity index (χ1v) is 5.33. The summed E-state index contributed by atoms with van der Waals surface area (Å²) in [4.78, 5) is 0. The van der Waals surface area contributed by atoms with Crippen molar-refractivity contribution in [3.8, 4) is 5.75 Å². The van der Waals surface area contributed by atoms with Crippen LogP contribution in [0.3, 0.4) is 0 Å². The molecule has 2 nitrogen and oxygen atoms in total. The summed E-state index contributed by atoms with van der Waals surface area (Å²) >= 11 is 5.84. The molecule has 1 fully saturated rings. The molecule has 0 N–H and O–H groups in total. The number of hydrogen-bond acceptors (Lipinski definition) is 2. The van der Waals surface area contributed by atoms with Gasteiger partial charge in [-0.15, -0.1) is 0 Å².